The maximum absolute atomic E-state index is 12.9. The van der Waals surface area contributed by atoms with Crippen LogP contribution >= 0.6 is 0 Å². The van der Waals surface area contributed by atoms with E-state index in [0.717, 1.165) is 50.3 Å². The average Bonchev–Trinajstić information content (AvgIpc) is 2.96. The van der Waals surface area contributed by atoms with Gasteiger partial charge in [0.05, 0.1) is 18.8 Å². The Morgan fingerprint density at radius 3 is 2.43 bits per heavy atom. The minimum atomic E-state index is 0.0306. The highest BCUT2D eigenvalue weighted by atomic mass is 16.5. The fraction of sp³-hybridized carbons (Fsp3) is 0.611. The lowest BCUT2D eigenvalue weighted by Crippen LogP contribution is -2.49. The molecule has 126 valence electrons. The van der Waals surface area contributed by atoms with Crippen molar-refractivity contribution in [1.82, 2.24) is 9.80 Å². The molecule has 2 saturated heterocycles. The van der Waals surface area contributed by atoms with Gasteiger partial charge in [0.1, 0.15) is 5.75 Å². The van der Waals surface area contributed by atoms with E-state index >= 15 is 0 Å². The van der Waals surface area contributed by atoms with Gasteiger partial charge < -0.3 is 14.5 Å². The number of para-hydroxylation sites is 2. The van der Waals surface area contributed by atoms with Gasteiger partial charge in [-0.1, -0.05) is 12.1 Å². The number of carbonyl (C=O) groups excluding carboxylic acids is 1. The van der Waals surface area contributed by atoms with Crippen molar-refractivity contribution >= 4 is 11.6 Å². The normalized spacial score (nSPS) is 23.7. The zero-order valence-electron chi connectivity index (χ0n) is 14.4. The van der Waals surface area contributed by atoms with E-state index < -0.39 is 0 Å². The molecule has 5 heteroatoms. The number of amides is 1. The third-order valence-corrected chi connectivity index (χ3v) is 5.22. The zero-order valence-corrected chi connectivity index (χ0v) is 14.4. The van der Waals surface area contributed by atoms with Crippen LogP contribution < -0.4 is 9.64 Å². The second-order valence-electron chi connectivity index (χ2n) is 6.70. The summed E-state index contributed by atoms with van der Waals surface area (Å²) in [5.41, 5.74) is 0.894. The Morgan fingerprint density at radius 2 is 1.78 bits per heavy atom. The Morgan fingerprint density at radius 1 is 1.09 bits per heavy atom. The van der Waals surface area contributed by atoms with Crippen LogP contribution in [0, 0.1) is 0 Å². The summed E-state index contributed by atoms with van der Waals surface area (Å²) in [5.74, 6) is 0.991. The summed E-state index contributed by atoms with van der Waals surface area (Å²) in [6.45, 7) is 2.80. The molecule has 0 saturated carbocycles. The van der Waals surface area contributed by atoms with Crippen molar-refractivity contribution in [2.45, 2.75) is 31.3 Å². The van der Waals surface area contributed by atoms with Crippen LogP contribution in [0.25, 0.3) is 0 Å². The Labute approximate surface area is 138 Å². The lowest BCUT2D eigenvalue weighted by molar-refractivity contribution is -0.122. The molecule has 2 aliphatic rings. The molecule has 1 atom stereocenters. The zero-order chi connectivity index (χ0) is 16.4. The monoisotopic (exact) mass is 317 g/mol. The van der Waals surface area contributed by atoms with Crippen molar-refractivity contribution in [2.75, 3.05) is 45.7 Å². The summed E-state index contributed by atoms with van der Waals surface area (Å²) in [5, 5.41) is 0. The Kier molecular flexibility index (Phi) is 4.87. The summed E-state index contributed by atoms with van der Waals surface area (Å²) in [7, 11) is 5.94. The standard InChI is InChI=1S/C18H27N3O2/c1-19(2)14-8-11-20(12-9-14)16-10-13-21(18(16)22)15-6-4-5-7-17(15)23-3/h4-7,14,16H,8-13H2,1-3H3. The van der Waals surface area contributed by atoms with Crippen molar-refractivity contribution in [1.29, 1.82) is 0 Å². The largest absolute Gasteiger partial charge is 0.495 e. The number of methoxy groups -OCH3 is 1. The minimum absolute atomic E-state index is 0.0306. The maximum atomic E-state index is 12.9. The first-order valence-corrected chi connectivity index (χ1v) is 8.46. The lowest BCUT2D eigenvalue weighted by Gasteiger charge is -2.37. The minimum Gasteiger partial charge on any atom is -0.495 e. The number of likely N-dealkylation sites (tertiary alicyclic amines) is 1. The molecule has 1 unspecified atom stereocenters. The second kappa shape index (κ2) is 6.89. The van der Waals surface area contributed by atoms with Crippen LogP contribution in [0.4, 0.5) is 5.69 Å². The highest BCUT2D eigenvalue weighted by molar-refractivity contribution is 6.00. The van der Waals surface area contributed by atoms with Crippen molar-refractivity contribution < 1.29 is 9.53 Å². The summed E-state index contributed by atoms with van der Waals surface area (Å²) in [4.78, 5) is 19.5. The molecule has 0 spiro atoms. The van der Waals surface area contributed by atoms with E-state index in [-0.39, 0.29) is 11.9 Å². The van der Waals surface area contributed by atoms with Gasteiger partial charge in [0, 0.05) is 25.7 Å². The first-order chi connectivity index (χ1) is 11.1. The topological polar surface area (TPSA) is 36.0 Å². The molecule has 2 heterocycles. The van der Waals surface area contributed by atoms with Gasteiger partial charge in [-0.2, -0.15) is 0 Å². The number of piperidine rings is 1. The first kappa shape index (κ1) is 16.3. The van der Waals surface area contributed by atoms with Crippen molar-refractivity contribution in [3.05, 3.63) is 24.3 Å². The number of benzene rings is 1. The molecule has 0 N–H and O–H groups in total. The van der Waals surface area contributed by atoms with E-state index in [1.54, 1.807) is 7.11 Å². The van der Waals surface area contributed by atoms with Gasteiger partial charge >= 0.3 is 0 Å². The number of nitrogens with zero attached hydrogens (tertiary/aromatic N) is 3. The average molecular weight is 317 g/mol. The van der Waals surface area contributed by atoms with Crippen LogP contribution in [0.2, 0.25) is 0 Å². The quantitative estimate of drug-likeness (QED) is 0.849. The molecule has 2 fully saturated rings. The van der Waals surface area contributed by atoms with Crippen LogP contribution in [0.15, 0.2) is 24.3 Å². The number of hydrogen-bond donors (Lipinski definition) is 0. The van der Waals surface area contributed by atoms with Crippen molar-refractivity contribution in [3.63, 3.8) is 0 Å². The van der Waals surface area contributed by atoms with Crippen molar-refractivity contribution in [2.24, 2.45) is 0 Å². The predicted octanol–water partition coefficient (Wildman–Crippen LogP) is 1.83. The van der Waals surface area contributed by atoms with Gasteiger partial charge in [0.15, 0.2) is 0 Å². The van der Waals surface area contributed by atoms with Crippen molar-refractivity contribution in [3.8, 4) is 5.75 Å². The molecule has 0 bridgehead atoms. The van der Waals surface area contributed by atoms with Gasteiger partial charge in [-0.3, -0.25) is 9.69 Å². The van der Waals surface area contributed by atoms with Gasteiger partial charge in [-0.05, 0) is 45.5 Å². The van der Waals surface area contributed by atoms with E-state index in [1.165, 1.54) is 0 Å². The Bertz CT molecular complexity index is 553. The predicted molar refractivity (Wildman–Crippen MR) is 92.0 cm³/mol. The molecule has 0 radical (unpaired) electrons. The number of anilines is 1. The Balaban J connectivity index is 1.68. The van der Waals surface area contributed by atoms with E-state index in [9.17, 15) is 4.79 Å². The van der Waals surface area contributed by atoms with Crippen LogP contribution in [0.1, 0.15) is 19.3 Å². The number of rotatable bonds is 4. The number of hydrogen-bond acceptors (Lipinski definition) is 4. The fourth-order valence-corrected chi connectivity index (χ4v) is 3.81. The summed E-state index contributed by atoms with van der Waals surface area (Å²) >= 11 is 0. The lowest BCUT2D eigenvalue weighted by atomic mass is 10.0. The highest BCUT2D eigenvalue weighted by Gasteiger charge is 2.38. The summed E-state index contributed by atoms with van der Waals surface area (Å²) in [6.07, 6.45) is 3.19. The molecule has 1 aromatic rings. The van der Waals surface area contributed by atoms with E-state index in [0.29, 0.717) is 6.04 Å². The molecular formula is C18H27N3O2. The smallest absolute Gasteiger partial charge is 0.244 e. The molecule has 3 rings (SSSR count). The van der Waals surface area contributed by atoms with Crippen LogP contribution in [0.5, 0.6) is 5.75 Å². The van der Waals surface area contributed by atoms with E-state index in [2.05, 4.69) is 23.9 Å². The SMILES string of the molecule is COc1ccccc1N1CCC(N2CCC(N(C)C)CC2)C1=O. The van der Waals surface area contributed by atoms with Gasteiger partial charge in [0.2, 0.25) is 5.91 Å². The molecule has 0 aromatic heterocycles. The molecule has 1 amide bonds. The Hall–Kier alpha value is -1.59. The molecule has 5 nitrogen and oxygen atoms in total. The number of carbonyl (C=O) groups is 1. The molecule has 2 aliphatic heterocycles. The van der Waals surface area contributed by atoms with Gasteiger partial charge in [-0.25, -0.2) is 0 Å². The van der Waals surface area contributed by atoms with Crippen LogP contribution in [-0.4, -0.2) is 68.6 Å². The third kappa shape index (κ3) is 3.21. The molecule has 1 aromatic carbocycles. The van der Waals surface area contributed by atoms with E-state index in [4.69, 9.17) is 4.74 Å². The van der Waals surface area contributed by atoms with Crippen LogP contribution in [0.3, 0.4) is 0 Å². The number of ether oxygens (including phenoxy) is 1. The molecular weight excluding hydrogens is 290 g/mol. The molecule has 0 aliphatic carbocycles. The fourth-order valence-electron chi connectivity index (χ4n) is 3.81. The third-order valence-electron chi connectivity index (χ3n) is 5.22. The van der Waals surface area contributed by atoms with Gasteiger partial charge in [-0.15, -0.1) is 0 Å². The van der Waals surface area contributed by atoms with Crippen LogP contribution in [-0.2, 0) is 4.79 Å². The first-order valence-electron chi connectivity index (χ1n) is 8.46. The summed E-state index contributed by atoms with van der Waals surface area (Å²) in [6, 6.07) is 8.46. The maximum Gasteiger partial charge on any atom is 0.244 e. The summed E-state index contributed by atoms with van der Waals surface area (Å²) < 4.78 is 5.41. The second-order valence-corrected chi connectivity index (χ2v) is 6.70. The van der Waals surface area contributed by atoms with Gasteiger partial charge in [0.25, 0.3) is 0 Å². The molecule has 23 heavy (non-hydrogen) atoms. The highest BCUT2D eigenvalue weighted by Crippen LogP contribution is 2.33. The van der Waals surface area contributed by atoms with E-state index in [1.807, 2.05) is 29.2 Å².